The van der Waals surface area contributed by atoms with Crippen LogP contribution in [0.15, 0.2) is 4.99 Å². The second-order valence-corrected chi connectivity index (χ2v) is 8.31. The molecule has 0 radical (unpaired) electrons. The van der Waals surface area contributed by atoms with Gasteiger partial charge in [0.05, 0.1) is 18.8 Å². The van der Waals surface area contributed by atoms with Crippen molar-refractivity contribution in [3.8, 4) is 0 Å². The number of hydrogen-bond acceptors (Lipinski definition) is 5. The molecule has 0 bridgehead atoms. The summed E-state index contributed by atoms with van der Waals surface area (Å²) >= 11 is 1.72. The van der Waals surface area contributed by atoms with Crippen LogP contribution in [0, 0.1) is 13.8 Å². The lowest BCUT2D eigenvalue weighted by Gasteiger charge is -2.36. The van der Waals surface area contributed by atoms with Crippen LogP contribution in [0.1, 0.15) is 35.3 Å². The molecule has 3 rings (SSSR count). The highest BCUT2D eigenvalue weighted by molar-refractivity contribution is 14.0. The van der Waals surface area contributed by atoms with Crippen molar-refractivity contribution in [2.45, 2.75) is 46.2 Å². The van der Waals surface area contributed by atoms with Crippen LogP contribution >= 0.6 is 35.3 Å². The Morgan fingerprint density at radius 2 is 1.96 bits per heavy atom. The van der Waals surface area contributed by atoms with Gasteiger partial charge in [0.15, 0.2) is 5.96 Å². The molecule has 7 nitrogen and oxygen atoms in total. The number of amides is 1. The molecule has 2 aliphatic rings. The van der Waals surface area contributed by atoms with Crippen LogP contribution in [0.2, 0.25) is 0 Å². The van der Waals surface area contributed by atoms with Gasteiger partial charge in [-0.05, 0) is 33.6 Å². The number of carbonyl (C=O) groups excluding carboxylic acids is 1. The summed E-state index contributed by atoms with van der Waals surface area (Å²) in [5.41, 5.74) is 1.10. The topological polar surface area (TPSA) is 72.9 Å². The summed E-state index contributed by atoms with van der Waals surface area (Å²) in [4.78, 5) is 27.1. The fraction of sp³-hybridized carbons (Fsp3) is 0.722. The molecule has 0 spiro atoms. The zero-order chi connectivity index (χ0) is 18.5. The van der Waals surface area contributed by atoms with E-state index >= 15 is 0 Å². The SMILES string of the molecule is CCNC(=NCc1nc(C)c(C)s1)N1CCN(CC(=O)NC2CC2)CC1.I. The number of guanidine groups is 1. The molecular formula is C18H31IN6OS. The van der Waals surface area contributed by atoms with Gasteiger partial charge in [0.1, 0.15) is 5.01 Å². The molecule has 0 aromatic carbocycles. The highest BCUT2D eigenvalue weighted by Crippen LogP contribution is 2.18. The molecule has 9 heteroatoms. The van der Waals surface area contributed by atoms with Gasteiger partial charge >= 0.3 is 0 Å². The minimum absolute atomic E-state index is 0. The van der Waals surface area contributed by atoms with E-state index in [0.717, 1.165) is 62.2 Å². The van der Waals surface area contributed by atoms with Gasteiger partial charge in [-0.1, -0.05) is 0 Å². The number of aromatic nitrogens is 1. The van der Waals surface area contributed by atoms with E-state index in [4.69, 9.17) is 4.99 Å². The number of aryl methyl sites for hydroxylation is 2. The van der Waals surface area contributed by atoms with Crippen molar-refractivity contribution in [1.29, 1.82) is 0 Å². The van der Waals surface area contributed by atoms with Gasteiger partial charge < -0.3 is 15.5 Å². The van der Waals surface area contributed by atoms with E-state index in [1.54, 1.807) is 11.3 Å². The van der Waals surface area contributed by atoms with Gasteiger partial charge in [0.2, 0.25) is 5.91 Å². The molecule has 2 N–H and O–H groups in total. The van der Waals surface area contributed by atoms with Crippen molar-refractivity contribution in [2.75, 3.05) is 39.3 Å². The molecule has 2 heterocycles. The normalized spacial score (nSPS) is 18.2. The van der Waals surface area contributed by atoms with E-state index in [2.05, 4.69) is 39.3 Å². The molecular weight excluding hydrogens is 475 g/mol. The first kappa shape index (κ1) is 22.4. The number of aliphatic imine (C=N–C) groups is 1. The van der Waals surface area contributed by atoms with Crippen LogP contribution in [-0.2, 0) is 11.3 Å². The summed E-state index contributed by atoms with van der Waals surface area (Å²) in [6.07, 6.45) is 2.28. The number of rotatable bonds is 6. The highest BCUT2D eigenvalue weighted by Gasteiger charge is 2.25. The molecule has 1 aliphatic heterocycles. The number of thiazole rings is 1. The third kappa shape index (κ3) is 6.86. The molecule has 152 valence electrons. The predicted molar refractivity (Wildman–Crippen MR) is 121 cm³/mol. The van der Waals surface area contributed by atoms with E-state index < -0.39 is 0 Å². The van der Waals surface area contributed by atoms with Gasteiger partial charge in [-0.3, -0.25) is 9.69 Å². The Labute approximate surface area is 183 Å². The first-order valence-electron chi connectivity index (χ1n) is 9.53. The summed E-state index contributed by atoms with van der Waals surface area (Å²) in [6.45, 7) is 11.8. The Morgan fingerprint density at radius 3 is 2.52 bits per heavy atom. The summed E-state index contributed by atoms with van der Waals surface area (Å²) in [7, 11) is 0. The lowest BCUT2D eigenvalue weighted by atomic mass is 10.3. The fourth-order valence-corrected chi connectivity index (χ4v) is 3.86. The number of nitrogens with zero attached hydrogens (tertiary/aromatic N) is 4. The smallest absolute Gasteiger partial charge is 0.234 e. The second kappa shape index (κ2) is 10.6. The van der Waals surface area contributed by atoms with Crippen molar-refractivity contribution in [1.82, 2.24) is 25.4 Å². The van der Waals surface area contributed by atoms with Crippen LogP contribution in [0.25, 0.3) is 0 Å². The molecule has 1 aromatic heterocycles. The maximum atomic E-state index is 12.0. The molecule has 1 saturated carbocycles. The summed E-state index contributed by atoms with van der Waals surface area (Å²) in [5.74, 6) is 1.11. The quantitative estimate of drug-likeness (QED) is 0.350. The molecule has 2 fully saturated rings. The van der Waals surface area contributed by atoms with Crippen molar-refractivity contribution in [3.63, 3.8) is 0 Å². The van der Waals surface area contributed by atoms with Crippen molar-refractivity contribution in [2.24, 2.45) is 4.99 Å². The average molecular weight is 506 g/mol. The number of carbonyl (C=O) groups is 1. The number of halogens is 1. The molecule has 1 aliphatic carbocycles. The molecule has 0 unspecified atom stereocenters. The lowest BCUT2D eigenvalue weighted by molar-refractivity contribution is -0.122. The number of nitrogens with one attached hydrogen (secondary N) is 2. The Morgan fingerprint density at radius 1 is 1.26 bits per heavy atom. The van der Waals surface area contributed by atoms with E-state index in [0.29, 0.717) is 19.1 Å². The van der Waals surface area contributed by atoms with Crippen molar-refractivity contribution in [3.05, 3.63) is 15.6 Å². The Bertz CT molecular complexity index is 633. The van der Waals surface area contributed by atoms with Crippen LogP contribution in [0.5, 0.6) is 0 Å². The van der Waals surface area contributed by atoms with Gasteiger partial charge in [-0.25, -0.2) is 9.98 Å². The zero-order valence-electron chi connectivity index (χ0n) is 16.5. The minimum Gasteiger partial charge on any atom is -0.357 e. The average Bonchev–Trinajstić information content (AvgIpc) is 3.36. The third-order valence-electron chi connectivity index (χ3n) is 4.75. The summed E-state index contributed by atoms with van der Waals surface area (Å²) in [6, 6.07) is 0.439. The van der Waals surface area contributed by atoms with Crippen molar-refractivity contribution < 1.29 is 4.79 Å². The number of hydrogen-bond donors (Lipinski definition) is 2. The maximum Gasteiger partial charge on any atom is 0.234 e. The van der Waals surface area contributed by atoms with Crippen LogP contribution in [0.4, 0.5) is 0 Å². The summed E-state index contributed by atoms with van der Waals surface area (Å²) < 4.78 is 0. The lowest BCUT2D eigenvalue weighted by Crippen LogP contribution is -2.54. The summed E-state index contributed by atoms with van der Waals surface area (Å²) in [5, 5.41) is 7.51. The van der Waals surface area contributed by atoms with Gasteiger partial charge in [-0.15, -0.1) is 35.3 Å². The second-order valence-electron chi connectivity index (χ2n) is 7.02. The van der Waals surface area contributed by atoms with Gasteiger partial charge in [-0.2, -0.15) is 0 Å². The standard InChI is InChI=1S/C18H30N6OS.HI/c1-4-19-18(20-11-17-21-13(2)14(3)26-17)24-9-7-23(8-10-24)12-16(25)22-15-5-6-15;/h15H,4-12H2,1-3H3,(H,19,20)(H,22,25);1H. The van der Waals surface area contributed by atoms with Crippen LogP contribution < -0.4 is 10.6 Å². The van der Waals surface area contributed by atoms with E-state index in [9.17, 15) is 4.79 Å². The van der Waals surface area contributed by atoms with Crippen LogP contribution in [-0.4, -0.2) is 72.0 Å². The maximum absolute atomic E-state index is 12.0. The highest BCUT2D eigenvalue weighted by atomic mass is 127. The van der Waals surface area contributed by atoms with E-state index in [1.807, 2.05) is 6.92 Å². The molecule has 1 amide bonds. The minimum atomic E-state index is 0. The Hall–Kier alpha value is -0.940. The first-order valence-corrected chi connectivity index (χ1v) is 10.3. The van der Waals surface area contributed by atoms with Gasteiger partial charge in [0, 0.05) is 43.6 Å². The Balaban J connectivity index is 0.00000261. The third-order valence-corrected chi connectivity index (χ3v) is 5.81. The zero-order valence-corrected chi connectivity index (χ0v) is 19.6. The van der Waals surface area contributed by atoms with E-state index in [1.165, 1.54) is 4.88 Å². The molecule has 1 aromatic rings. The van der Waals surface area contributed by atoms with Gasteiger partial charge in [0.25, 0.3) is 0 Å². The van der Waals surface area contributed by atoms with Crippen molar-refractivity contribution >= 4 is 47.2 Å². The largest absolute Gasteiger partial charge is 0.357 e. The molecule has 27 heavy (non-hydrogen) atoms. The fourth-order valence-electron chi connectivity index (χ4n) is 3.00. The van der Waals surface area contributed by atoms with Crippen LogP contribution in [0.3, 0.4) is 0 Å². The predicted octanol–water partition coefficient (Wildman–Crippen LogP) is 1.74. The number of piperazine rings is 1. The van der Waals surface area contributed by atoms with E-state index in [-0.39, 0.29) is 29.9 Å². The Kier molecular flexibility index (Phi) is 8.74. The molecule has 1 saturated heterocycles. The molecule has 0 atom stereocenters. The first-order chi connectivity index (χ1) is 12.5. The monoisotopic (exact) mass is 506 g/mol.